The number of para-hydroxylation sites is 1. The molecule has 1 aromatic heterocycles. The number of rotatable bonds is 5. The fourth-order valence-corrected chi connectivity index (χ4v) is 2.85. The number of nitrogens with one attached hydrogen (secondary N) is 2. The maximum absolute atomic E-state index is 12.3. The van der Waals surface area contributed by atoms with E-state index in [-0.39, 0.29) is 11.9 Å². The van der Waals surface area contributed by atoms with Crippen LogP contribution in [0.3, 0.4) is 0 Å². The van der Waals surface area contributed by atoms with Gasteiger partial charge in [-0.3, -0.25) is 9.69 Å². The molecule has 6 nitrogen and oxygen atoms in total. The Bertz CT molecular complexity index is 656. The molecule has 0 bridgehead atoms. The maximum Gasteiger partial charge on any atom is 0.242 e. The molecule has 0 saturated carbocycles. The van der Waals surface area contributed by atoms with Gasteiger partial charge in [-0.2, -0.15) is 0 Å². The van der Waals surface area contributed by atoms with Crippen molar-refractivity contribution in [3.8, 4) is 0 Å². The van der Waals surface area contributed by atoms with E-state index in [0.29, 0.717) is 17.6 Å². The van der Waals surface area contributed by atoms with Gasteiger partial charge < -0.3 is 15.2 Å². The second-order valence-corrected chi connectivity index (χ2v) is 5.98. The molecular weight excluding hydrogens is 292 g/mol. The van der Waals surface area contributed by atoms with E-state index in [0.717, 1.165) is 25.2 Å². The predicted octanol–water partition coefficient (Wildman–Crippen LogP) is 2.50. The number of aryl methyl sites for hydroxylation is 1. The molecule has 3 rings (SSSR count). The van der Waals surface area contributed by atoms with Gasteiger partial charge in [-0.15, -0.1) is 0 Å². The first kappa shape index (κ1) is 15.6. The number of likely N-dealkylation sites (tertiary alicyclic amines) is 1. The number of amides is 1. The van der Waals surface area contributed by atoms with Crippen LogP contribution in [0.15, 0.2) is 40.9 Å². The van der Waals surface area contributed by atoms with Crippen molar-refractivity contribution < 1.29 is 9.32 Å². The number of carbonyl (C=O) groups is 1. The van der Waals surface area contributed by atoms with Crippen LogP contribution in [-0.4, -0.2) is 41.1 Å². The van der Waals surface area contributed by atoms with Gasteiger partial charge in [0.25, 0.3) is 0 Å². The number of carbonyl (C=O) groups excluding carboxylic acids is 1. The first-order chi connectivity index (χ1) is 11.1. The highest BCUT2D eigenvalue weighted by Gasteiger charge is 2.29. The summed E-state index contributed by atoms with van der Waals surface area (Å²) in [6.45, 7) is 5.47. The van der Waals surface area contributed by atoms with Crippen molar-refractivity contribution in [2.24, 2.45) is 0 Å². The highest BCUT2D eigenvalue weighted by molar-refractivity contribution is 5.93. The Kier molecular flexibility index (Phi) is 4.62. The number of hydrogen-bond donors (Lipinski definition) is 2. The highest BCUT2D eigenvalue weighted by atomic mass is 16.5. The first-order valence-corrected chi connectivity index (χ1v) is 7.91. The Hall–Kier alpha value is -2.34. The molecule has 0 spiro atoms. The van der Waals surface area contributed by atoms with Crippen LogP contribution in [0.4, 0.5) is 11.5 Å². The van der Waals surface area contributed by atoms with Crippen molar-refractivity contribution >= 4 is 17.4 Å². The van der Waals surface area contributed by atoms with Gasteiger partial charge in [0.05, 0.1) is 6.04 Å². The largest absolute Gasteiger partial charge is 0.381 e. The summed E-state index contributed by atoms with van der Waals surface area (Å²) in [4.78, 5) is 14.5. The lowest BCUT2D eigenvalue weighted by atomic mass is 10.2. The van der Waals surface area contributed by atoms with Gasteiger partial charge in [0.2, 0.25) is 5.91 Å². The molecule has 2 aromatic rings. The molecule has 23 heavy (non-hydrogen) atoms. The number of hydrogen-bond acceptors (Lipinski definition) is 5. The van der Waals surface area contributed by atoms with Crippen LogP contribution in [0.5, 0.6) is 0 Å². The predicted molar refractivity (Wildman–Crippen MR) is 89.4 cm³/mol. The van der Waals surface area contributed by atoms with Crippen molar-refractivity contribution in [1.82, 2.24) is 10.1 Å². The fraction of sp³-hybridized carbons (Fsp3) is 0.412. The standard InChI is InChI=1S/C17H22N4O2/c1-12-10-16(20-23-12)19-17(22)13(2)21-9-8-15(11-21)18-14-6-4-3-5-7-14/h3-7,10,13,15,18H,8-9,11H2,1-2H3,(H,19,20,22)/t13-,15+/m0/s1. The minimum atomic E-state index is -0.199. The Morgan fingerprint density at radius 2 is 2.17 bits per heavy atom. The third-order valence-corrected chi connectivity index (χ3v) is 4.17. The lowest BCUT2D eigenvalue weighted by Gasteiger charge is -2.23. The quantitative estimate of drug-likeness (QED) is 0.887. The molecule has 1 aliphatic heterocycles. The van der Waals surface area contributed by atoms with Crippen molar-refractivity contribution in [2.75, 3.05) is 23.7 Å². The van der Waals surface area contributed by atoms with Crippen LogP contribution in [0, 0.1) is 6.92 Å². The van der Waals surface area contributed by atoms with E-state index in [2.05, 4.69) is 32.8 Å². The van der Waals surface area contributed by atoms with Gasteiger partial charge in [0, 0.05) is 30.9 Å². The summed E-state index contributed by atoms with van der Waals surface area (Å²) in [5.41, 5.74) is 1.12. The normalized spacial score (nSPS) is 19.5. The molecule has 0 aliphatic carbocycles. The average Bonchev–Trinajstić information content (AvgIpc) is 3.17. The summed E-state index contributed by atoms with van der Waals surface area (Å²) in [7, 11) is 0. The fourth-order valence-electron chi connectivity index (χ4n) is 2.85. The molecule has 0 radical (unpaired) electrons. The molecule has 0 unspecified atom stereocenters. The zero-order chi connectivity index (χ0) is 16.2. The van der Waals surface area contributed by atoms with Gasteiger partial charge >= 0.3 is 0 Å². The lowest BCUT2D eigenvalue weighted by Crippen LogP contribution is -2.41. The number of aromatic nitrogens is 1. The Balaban J connectivity index is 1.52. The minimum absolute atomic E-state index is 0.0568. The SMILES string of the molecule is Cc1cc(NC(=O)[C@H](C)N2CC[C@@H](Nc3ccccc3)C2)no1. The third-order valence-electron chi connectivity index (χ3n) is 4.17. The van der Waals surface area contributed by atoms with Crippen molar-refractivity contribution in [3.63, 3.8) is 0 Å². The van der Waals surface area contributed by atoms with Gasteiger partial charge in [-0.1, -0.05) is 23.4 Å². The molecule has 2 heterocycles. The number of nitrogens with zero attached hydrogens (tertiary/aromatic N) is 2. The molecule has 1 aliphatic rings. The van der Waals surface area contributed by atoms with Crippen molar-refractivity contribution in [3.05, 3.63) is 42.2 Å². The zero-order valence-corrected chi connectivity index (χ0v) is 13.5. The van der Waals surface area contributed by atoms with Crippen LogP contribution < -0.4 is 10.6 Å². The summed E-state index contributed by atoms with van der Waals surface area (Å²) in [6.07, 6.45) is 1.02. The summed E-state index contributed by atoms with van der Waals surface area (Å²) in [6, 6.07) is 12.0. The van der Waals surface area contributed by atoms with E-state index in [9.17, 15) is 4.79 Å². The summed E-state index contributed by atoms with van der Waals surface area (Å²) >= 11 is 0. The van der Waals surface area contributed by atoms with Gasteiger partial charge in [-0.25, -0.2) is 0 Å². The number of anilines is 2. The summed E-state index contributed by atoms with van der Waals surface area (Å²) < 4.78 is 4.97. The third kappa shape index (κ3) is 3.90. The second-order valence-electron chi connectivity index (χ2n) is 5.98. The van der Waals surface area contributed by atoms with E-state index in [4.69, 9.17) is 4.52 Å². The monoisotopic (exact) mass is 314 g/mol. The van der Waals surface area contributed by atoms with Crippen LogP contribution in [-0.2, 0) is 4.79 Å². The van der Waals surface area contributed by atoms with Gasteiger partial charge in [-0.05, 0) is 32.4 Å². The topological polar surface area (TPSA) is 70.4 Å². The average molecular weight is 314 g/mol. The van der Waals surface area contributed by atoms with E-state index in [1.54, 1.807) is 13.0 Å². The Labute approximate surface area is 135 Å². The smallest absolute Gasteiger partial charge is 0.242 e. The zero-order valence-electron chi connectivity index (χ0n) is 13.5. The molecule has 1 fully saturated rings. The van der Waals surface area contributed by atoms with Gasteiger partial charge in [0.15, 0.2) is 5.82 Å². The maximum atomic E-state index is 12.3. The van der Waals surface area contributed by atoms with Crippen LogP contribution in [0.2, 0.25) is 0 Å². The Morgan fingerprint density at radius 1 is 1.39 bits per heavy atom. The summed E-state index contributed by atoms with van der Waals surface area (Å²) in [5, 5.41) is 10.1. The van der Waals surface area contributed by atoms with E-state index in [1.807, 2.05) is 25.1 Å². The van der Waals surface area contributed by atoms with Gasteiger partial charge in [0.1, 0.15) is 5.76 Å². The Morgan fingerprint density at radius 3 is 2.87 bits per heavy atom. The van der Waals surface area contributed by atoms with E-state index >= 15 is 0 Å². The molecule has 1 aromatic carbocycles. The summed E-state index contributed by atoms with van der Waals surface area (Å²) in [5.74, 6) is 1.09. The molecule has 2 atom stereocenters. The molecular formula is C17H22N4O2. The molecule has 1 saturated heterocycles. The molecule has 6 heteroatoms. The highest BCUT2D eigenvalue weighted by Crippen LogP contribution is 2.18. The van der Waals surface area contributed by atoms with Crippen LogP contribution in [0.25, 0.3) is 0 Å². The van der Waals surface area contributed by atoms with Crippen molar-refractivity contribution in [1.29, 1.82) is 0 Å². The van der Waals surface area contributed by atoms with E-state index in [1.165, 1.54) is 0 Å². The lowest BCUT2D eigenvalue weighted by molar-refractivity contribution is -0.120. The van der Waals surface area contributed by atoms with Crippen LogP contribution >= 0.6 is 0 Å². The number of benzene rings is 1. The first-order valence-electron chi connectivity index (χ1n) is 7.91. The van der Waals surface area contributed by atoms with E-state index < -0.39 is 0 Å². The second kappa shape index (κ2) is 6.83. The minimum Gasteiger partial charge on any atom is -0.381 e. The van der Waals surface area contributed by atoms with Crippen molar-refractivity contribution in [2.45, 2.75) is 32.4 Å². The molecule has 2 N–H and O–H groups in total. The van der Waals surface area contributed by atoms with Crippen LogP contribution in [0.1, 0.15) is 19.1 Å². The molecule has 1 amide bonds. The molecule has 122 valence electrons.